The fourth-order valence-electron chi connectivity index (χ4n) is 5.54. The maximum Gasteiger partial charge on any atom is 0.347 e. The standard InChI is InChI=1S/C13H23NO5.C13H22O6.C12H22O3.C11H20O4.C10H19NO3.C10H18O4/c1-9(15)8-18-12(17)10(2)19-11(16)6-7-14-13(3,4)5;1-9(14)8-17-12(16)10(2)19-11(15)6-7-18-13(3,4)5;1-9(13)10(2)15-11(14)7-6-8-12(3,4)5;1-8(12)9(2)15-10(13)6-7-14-11(3,4)5;1-8(12)7-14-9(13)5-6-11-10(2,3)4;1-8(11)7-13-9(12)5-6-14-10(2,3)4/h10,14H,6-8H2,1-5H3;10H,6-8H2,1-5H3;10H,6-8H2,1-5H3;9H,6-7H2,1-5H3;11H,5-7H2,1-4H3;5-7H2,1-4H3. The zero-order valence-corrected chi connectivity index (χ0v) is 63.5. The monoisotopic (exact) mass is 1380 g/mol. The summed E-state index contributed by atoms with van der Waals surface area (Å²) in [6, 6.07) is 0. The Hall–Kier alpha value is -6.42. The van der Waals surface area contributed by atoms with Gasteiger partial charge in [0.15, 0.2) is 59.1 Å². The Balaban J connectivity index is -0.000000254. The molecule has 0 saturated heterocycles. The highest BCUT2D eigenvalue weighted by atomic mass is 16.6. The van der Waals surface area contributed by atoms with E-state index < -0.39 is 60.2 Å². The zero-order valence-electron chi connectivity index (χ0n) is 63.5. The minimum atomic E-state index is -1.03. The topological polar surface area (TPSA) is 365 Å². The molecule has 0 fully saturated rings. The first-order chi connectivity index (χ1) is 43.3. The van der Waals surface area contributed by atoms with Gasteiger partial charge >= 0.3 is 47.8 Å². The van der Waals surface area contributed by atoms with Crippen LogP contribution in [0.4, 0.5) is 0 Å². The number of hydrogen-bond acceptors (Lipinski definition) is 27. The zero-order chi connectivity index (χ0) is 76.6. The number of Topliss-reactive ketones (excluding diaryl/α,β-unsaturated/α-hetero) is 6. The highest BCUT2D eigenvalue weighted by molar-refractivity contribution is 5.85. The third-order valence-electron chi connectivity index (χ3n) is 10.6. The van der Waals surface area contributed by atoms with Crippen molar-refractivity contribution < 1.29 is 119 Å². The Morgan fingerprint density at radius 1 is 0.312 bits per heavy atom. The van der Waals surface area contributed by atoms with Crippen LogP contribution in [0.2, 0.25) is 0 Å². The summed E-state index contributed by atoms with van der Waals surface area (Å²) in [5.74, 6) is -4.98. The van der Waals surface area contributed by atoms with Crippen LogP contribution in [0.5, 0.6) is 0 Å². The first-order valence-corrected chi connectivity index (χ1v) is 32.1. The Bertz CT molecular complexity index is 2200. The number of hydrogen-bond donors (Lipinski definition) is 2. The van der Waals surface area contributed by atoms with E-state index in [1.165, 1.54) is 55.4 Å². The maximum atomic E-state index is 11.4. The van der Waals surface area contributed by atoms with E-state index >= 15 is 0 Å². The van der Waals surface area contributed by atoms with Crippen LogP contribution in [0.3, 0.4) is 0 Å². The van der Waals surface area contributed by atoms with E-state index in [1.54, 1.807) is 13.8 Å². The van der Waals surface area contributed by atoms with Crippen LogP contribution in [-0.4, -0.2) is 194 Å². The lowest BCUT2D eigenvalue weighted by Crippen LogP contribution is -2.37. The van der Waals surface area contributed by atoms with Gasteiger partial charge in [0, 0.05) is 30.6 Å². The average Bonchev–Trinajstić information content (AvgIpc) is 3.44. The van der Waals surface area contributed by atoms with Gasteiger partial charge in [0.05, 0.1) is 68.7 Å². The average molecular weight is 1380 g/mol. The highest BCUT2D eigenvalue weighted by Crippen LogP contribution is 2.22. The Morgan fingerprint density at radius 3 is 0.812 bits per heavy atom. The number of carbonyl (C=O) groups is 14. The Kier molecular flexibility index (Phi) is 55.2. The molecule has 0 aliphatic carbocycles. The van der Waals surface area contributed by atoms with Gasteiger partial charge in [-0.2, -0.15) is 0 Å². The molecule has 4 atom stereocenters. The molecule has 0 aromatic heterocycles. The van der Waals surface area contributed by atoms with E-state index in [1.807, 2.05) is 104 Å². The minimum absolute atomic E-state index is 0.000849. The molecule has 0 aromatic carbocycles. The summed E-state index contributed by atoms with van der Waals surface area (Å²) < 4.78 is 54.2. The highest BCUT2D eigenvalue weighted by Gasteiger charge is 2.23. The number of ketones is 6. The van der Waals surface area contributed by atoms with E-state index in [9.17, 15) is 67.1 Å². The second kappa shape index (κ2) is 52.7. The SMILES string of the molecule is CC(=O)C(C)OC(=O)CCCC(C)(C)C.CC(=O)C(C)OC(=O)CCOC(C)(C)C.CC(=O)COC(=O)C(C)OC(=O)CCNC(C)(C)C.CC(=O)COC(=O)C(C)OC(=O)CCOC(C)(C)C.CC(=O)COC(=O)CCNC(C)(C)C.CC(=O)COC(=O)CCOC(C)(C)C. The van der Waals surface area contributed by atoms with Gasteiger partial charge in [-0.3, -0.25) is 57.5 Å². The van der Waals surface area contributed by atoms with Crippen LogP contribution in [0.15, 0.2) is 0 Å². The van der Waals surface area contributed by atoms with Crippen molar-refractivity contribution in [2.75, 3.05) is 59.3 Å². The smallest absolute Gasteiger partial charge is 0.347 e. The first-order valence-electron chi connectivity index (χ1n) is 32.1. The third kappa shape index (κ3) is 85.6. The fourth-order valence-corrected chi connectivity index (χ4v) is 5.54. The lowest BCUT2D eigenvalue weighted by Gasteiger charge is -2.20. The molecule has 0 amide bonds. The second-order valence-electron chi connectivity index (χ2n) is 28.5. The van der Waals surface area contributed by atoms with Crippen molar-refractivity contribution in [3.63, 3.8) is 0 Å². The summed E-state index contributed by atoms with van der Waals surface area (Å²) in [4.78, 5) is 154. The van der Waals surface area contributed by atoms with Crippen molar-refractivity contribution >= 4 is 82.5 Å². The number of rotatable bonds is 34. The van der Waals surface area contributed by atoms with Gasteiger partial charge in [0.25, 0.3) is 0 Å². The fraction of sp³-hybridized carbons (Fsp3) is 0.797. The lowest BCUT2D eigenvalue weighted by atomic mass is 9.90. The maximum absolute atomic E-state index is 11.4. The van der Waals surface area contributed by atoms with Crippen molar-refractivity contribution in [1.82, 2.24) is 10.6 Å². The summed E-state index contributed by atoms with van der Waals surface area (Å²) in [5.41, 5.74) is -0.667. The van der Waals surface area contributed by atoms with Crippen LogP contribution < -0.4 is 10.6 Å². The third-order valence-corrected chi connectivity index (χ3v) is 10.6. The van der Waals surface area contributed by atoms with Crippen molar-refractivity contribution in [1.29, 1.82) is 0 Å². The molecule has 0 saturated carbocycles. The van der Waals surface area contributed by atoms with Crippen molar-refractivity contribution in [2.45, 2.75) is 298 Å². The van der Waals surface area contributed by atoms with E-state index in [0.717, 1.165) is 12.8 Å². The first kappa shape index (κ1) is 101. The lowest BCUT2D eigenvalue weighted by molar-refractivity contribution is -0.168. The van der Waals surface area contributed by atoms with Crippen LogP contribution in [-0.2, 0) is 119 Å². The molecule has 0 bridgehead atoms. The van der Waals surface area contributed by atoms with Gasteiger partial charge in [0.1, 0.15) is 26.4 Å². The molecule has 0 heterocycles. The summed E-state index contributed by atoms with van der Waals surface area (Å²) >= 11 is 0. The molecule has 0 aliphatic heterocycles. The number of esters is 8. The summed E-state index contributed by atoms with van der Waals surface area (Å²) in [7, 11) is 0. The molecule has 0 aliphatic rings. The molecule has 0 spiro atoms. The molecule has 27 nitrogen and oxygen atoms in total. The van der Waals surface area contributed by atoms with Crippen molar-refractivity contribution in [2.24, 2.45) is 5.41 Å². The molecule has 4 unspecified atom stereocenters. The van der Waals surface area contributed by atoms with E-state index in [4.69, 9.17) is 33.2 Å². The van der Waals surface area contributed by atoms with Crippen LogP contribution in [0, 0.1) is 5.41 Å². The molecular weight excluding hydrogens is 1260 g/mol. The number of nitrogens with one attached hydrogen (secondary N) is 2. The molecule has 0 radical (unpaired) electrons. The van der Waals surface area contributed by atoms with E-state index in [0.29, 0.717) is 39.1 Å². The van der Waals surface area contributed by atoms with Gasteiger partial charge < -0.3 is 62.7 Å². The van der Waals surface area contributed by atoms with Gasteiger partial charge in [0.2, 0.25) is 0 Å². The molecule has 0 rings (SSSR count). The van der Waals surface area contributed by atoms with Crippen molar-refractivity contribution in [3.05, 3.63) is 0 Å². The number of ether oxygens (including phenoxy) is 11. The van der Waals surface area contributed by atoms with E-state index in [2.05, 4.69) is 50.4 Å². The van der Waals surface area contributed by atoms with Crippen LogP contribution in [0.25, 0.3) is 0 Å². The van der Waals surface area contributed by atoms with Crippen LogP contribution in [0.1, 0.15) is 245 Å². The minimum Gasteiger partial charge on any atom is -0.458 e. The van der Waals surface area contributed by atoms with Gasteiger partial charge in [-0.15, -0.1) is 0 Å². The Morgan fingerprint density at radius 2 is 0.552 bits per heavy atom. The van der Waals surface area contributed by atoms with Gasteiger partial charge in [-0.05, 0) is 191 Å². The molecule has 560 valence electrons. The molecule has 2 N–H and O–H groups in total. The molecular formula is C69H124N2O25. The van der Waals surface area contributed by atoms with Gasteiger partial charge in [-0.25, -0.2) is 9.59 Å². The summed E-state index contributed by atoms with van der Waals surface area (Å²) in [6.07, 6.45) is -0.215. The second-order valence-corrected chi connectivity index (χ2v) is 28.5. The summed E-state index contributed by atoms with van der Waals surface area (Å²) in [6.45, 7) is 50.7. The molecule has 0 aromatic rings. The largest absolute Gasteiger partial charge is 0.458 e. The quantitative estimate of drug-likeness (QED) is 0.0449. The molecule has 27 heteroatoms. The normalized spacial score (nSPS) is 12.5. The van der Waals surface area contributed by atoms with Crippen molar-refractivity contribution in [3.8, 4) is 0 Å². The van der Waals surface area contributed by atoms with Gasteiger partial charge in [-0.1, -0.05) is 20.8 Å². The summed E-state index contributed by atoms with van der Waals surface area (Å²) in [5, 5.41) is 6.29. The molecule has 96 heavy (non-hydrogen) atoms. The number of carbonyl (C=O) groups excluding carboxylic acids is 14. The van der Waals surface area contributed by atoms with E-state index in [-0.39, 0.29) is 139 Å². The predicted molar refractivity (Wildman–Crippen MR) is 359 cm³/mol. The Labute approximate surface area is 572 Å². The predicted octanol–water partition coefficient (Wildman–Crippen LogP) is 8.74. The van der Waals surface area contributed by atoms with Crippen LogP contribution >= 0.6 is 0 Å².